The lowest BCUT2D eigenvalue weighted by Crippen LogP contribution is -2.15. The molecule has 0 spiro atoms. The first kappa shape index (κ1) is 13.5. The van der Waals surface area contributed by atoms with Crippen LogP contribution in [0.2, 0.25) is 0 Å². The second-order valence-corrected chi connectivity index (χ2v) is 4.20. The number of anilines is 1. The third kappa shape index (κ3) is 4.41. The van der Waals surface area contributed by atoms with Crippen molar-refractivity contribution in [2.45, 2.75) is 0 Å². The van der Waals surface area contributed by atoms with Crippen molar-refractivity contribution >= 4 is 29.0 Å². The Morgan fingerprint density at radius 3 is 2.82 bits per heavy atom. The summed E-state index contributed by atoms with van der Waals surface area (Å²) in [5.41, 5.74) is 0.0557. The second-order valence-electron chi connectivity index (χ2n) is 3.10. The number of nitro benzene ring substituents is 1. The average molecular weight is 256 g/mol. The molecular formula is C10H12N2O4S. The van der Waals surface area contributed by atoms with Crippen molar-refractivity contribution in [1.82, 2.24) is 0 Å². The molecule has 0 fully saturated rings. The molecule has 0 unspecified atom stereocenters. The molecule has 0 aromatic heterocycles. The first-order valence-corrected chi connectivity index (χ1v) is 6.02. The van der Waals surface area contributed by atoms with Crippen LogP contribution in [0.1, 0.15) is 0 Å². The van der Waals surface area contributed by atoms with Gasteiger partial charge < -0.3 is 10.4 Å². The number of carbonyl (C=O) groups is 1. The highest BCUT2D eigenvalue weighted by molar-refractivity contribution is 7.99. The summed E-state index contributed by atoms with van der Waals surface area (Å²) < 4.78 is 0. The predicted octanol–water partition coefficient (Wildman–Crippen LogP) is 1.26. The molecule has 17 heavy (non-hydrogen) atoms. The molecule has 0 heterocycles. The predicted molar refractivity (Wildman–Crippen MR) is 66.1 cm³/mol. The zero-order valence-corrected chi connectivity index (χ0v) is 9.77. The van der Waals surface area contributed by atoms with E-state index in [0.717, 1.165) is 0 Å². The molecule has 92 valence electrons. The van der Waals surface area contributed by atoms with Crippen molar-refractivity contribution in [2.75, 3.05) is 23.4 Å². The fraction of sp³-hybridized carbons (Fsp3) is 0.300. The van der Waals surface area contributed by atoms with Crippen LogP contribution in [0.4, 0.5) is 11.4 Å². The number of rotatable bonds is 6. The van der Waals surface area contributed by atoms with Crippen molar-refractivity contribution in [3.05, 3.63) is 34.4 Å². The van der Waals surface area contributed by atoms with Crippen molar-refractivity contribution < 1.29 is 14.8 Å². The summed E-state index contributed by atoms with van der Waals surface area (Å²) >= 11 is 1.26. The zero-order chi connectivity index (χ0) is 12.7. The number of nitrogens with zero attached hydrogens (tertiary/aromatic N) is 1. The average Bonchev–Trinajstić information content (AvgIpc) is 2.29. The quantitative estimate of drug-likeness (QED) is 0.454. The fourth-order valence-electron chi connectivity index (χ4n) is 1.15. The second kappa shape index (κ2) is 6.87. The molecule has 6 nitrogen and oxygen atoms in total. The van der Waals surface area contributed by atoms with Gasteiger partial charge in [-0.1, -0.05) is 12.1 Å². The molecule has 1 amide bonds. The van der Waals surface area contributed by atoms with Crippen molar-refractivity contribution in [3.63, 3.8) is 0 Å². The number of aliphatic hydroxyl groups is 1. The minimum atomic E-state index is -0.545. The van der Waals surface area contributed by atoms with Crippen LogP contribution >= 0.6 is 11.8 Å². The first-order valence-electron chi connectivity index (χ1n) is 4.87. The van der Waals surface area contributed by atoms with Gasteiger partial charge in [0.2, 0.25) is 5.91 Å². The maximum atomic E-state index is 11.4. The zero-order valence-electron chi connectivity index (χ0n) is 8.96. The molecule has 2 N–H and O–H groups in total. The highest BCUT2D eigenvalue weighted by Crippen LogP contribution is 2.23. The van der Waals surface area contributed by atoms with E-state index in [4.69, 9.17) is 5.11 Å². The number of aliphatic hydroxyl groups excluding tert-OH is 1. The van der Waals surface area contributed by atoms with Crippen LogP contribution in [0.5, 0.6) is 0 Å². The number of nitrogens with one attached hydrogen (secondary N) is 1. The number of thioether (sulfide) groups is 1. The van der Waals surface area contributed by atoms with Gasteiger partial charge in [0.25, 0.3) is 5.69 Å². The van der Waals surface area contributed by atoms with Crippen LogP contribution in [-0.2, 0) is 4.79 Å². The van der Waals surface area contributed by atoms with Gasteiger partial charge in [-0.25, -0.2) is 0 Å². The van der Waals surface area contributed by atoms with Crippen LogP contribution in [0.25, 0.3) is 0 Å². The molecule has 0 saturated heterocycles. The first-order chi connectivity index (χ1) is 8.15. The number of para-hydroxylation sites is 2. The third-order valence-electron chi connectivity index (χ3n) is 1.84. The topological polar surface area (TPSA) is 92.5 Å². The molecule has 0 aliphatic carbocycles. The van der Waals surface area contributed by atoms with E-state index < -0.39 is 4.92 Å². The number of hydrogen-bond donors (Lipinski definition) is 2. The molecule has 0 bridgehead atoms. The molecule has 0 radical (unpaired) electrons. The van der Waals surface area contributed by atoms with Gasteiger partial charge in [-0.05, 0) is 6.07 Å². The minimum Gasteiger partial charge on any atom is -0.396 e. The number of amides is 1. The smallest absolute Gasteiger partial charge is 0.292 e. The van der Waals surface area contributed by atoms with Gasteiger partial charge in [0, 0.05) is 11.8 Å². The van der Waals surface area contributed by atoms with Gasteiger partial charge in [0.15, 0.2) is 0 Å². The Labute approximate surface area is 102 Å². The van der Waals surface area contributed by atoms with Crippen LogP contribution in [0.15, 0.2) is 24.3 Å². The minimum absolute atomic E-state index is 0.00340. The monoisotopic (exact) mass is 256 g/mol. The van der Waals surface area contributed by atoms with E-state index in [9.17, 15) is 14.9 Å². The van der Waals surface area contributed by atoms with Crippen molar-refractivity contribution in [3.8, 4) is 0 Å². The Kier molecular flexibility index (Phi) is 5.44. The maximum absolute atomic E-state index is 11.4. The van der Waals surface area contributed by atoms with Crippen LogP contribution in [0.3, 0.4) is 0 Å². The van der Waals surface area contributed by atoms with Gasteiger partial charge in [0.1, 0.15) is 5.69 Å². The Morgan fingerprint density at radius 2 is 2.18 bits per heavy atom. The summed E-state index contributed by atoms with van der Waals surface area (Å²) in [6, 6.07) is 5.96. The lowest BCUT2D eigenvalue weighted by molar-refractivity contribution is -0.383. The Hall–Kier alpha value is -1.60. The van der Waals surface area contributed by atoms with Crippen molar-refractivity contribution in [1.29, 1.82) is 0 Å². The van der Waals surface area contributed by atoms with E-state index >= 15 is 0 Å². The molecule has 0 saturated carbocycles. The lowest BCUT2D eigenvalue weighted by atomic mass is 10.2. The standard InChI is InChI=1S/C10H12N2O4S/c13-5-6-17-7-10(14)11-8-3-1-2-4-9(8)12(15)16/h1-4,13H,5-7H2,(H,11,14). The SMILES string of the molecule is O=C(CSCCO)Nc1ccccc1[N+](=O)[O-]. The summed E-state index contributed by atoms with van der Waals surface area (Å²) in [6.07, 6.45) is 0. The van der Waals surface area contributed by atoms with Crippen LogP contribution in [-0.4, -0.2) is 34.0 Å². The van der Waals surface area contributed by atoms with Crippen LogP contribution in [0, 0.1) is 10.1 Å². The van der Waals surface area contributed by atoms with E-state index in [0.29, 0.717) is 5.75 Å². The largest absolute Gasteiger partial charge is 0.396 e. The molecule has 0 aliphatic heterocycles. The molecule has 0 aliphatic rings. The van der Waals surface area contributed by atoms with E-state index in [1.165, 1.54) is 30.0 Å². The summed E-state index contributed by atoms with van der Waals surface area (Å²) in [7, 11) is 0. The number of benzene rings is 1. The molecule has 1 aromatic rings. The number of carbonyl (C=O) groups excluding carboxylic acids is 1. The normalized spacial score (nSPS) is 9.94. The maximum Gasteiger partial charge on any atom is 0.292 e. The summed E-state index contributed by atoms with van der Waals surface area (Å²) in [5, 5.41) is 21.7. The third-order valence-corrected chi connectivity index (χ3v) is 2.78. The van der Waals surface area contributed by atoms with Gasteiger partial charge in [-0.15, -0.1) is 11.8 Å². The van der Waals surface area contributed by atoms with Gasteiger partial charge in [-0.2, -0.15) is 0 Å². The van der Waals surface area contributed by atoms with Gasteiger partial charge in [0.05, 0.1) is 17.3 Å². The number of nitro groups is 1. The highest BCUT2D eigenvalue weighted by atomic mass is 32.2. The lowest BCUT2D eigenvalue weighted by Gasteiger charge is -2.05. The molecule has 7 heteroatoms. The van der Waals surface area contributed by atoms with E-state index in [1.54, 1.807) is 6.07 Å². The Bertz CT molecular complexity index is 411. The highest BCUT2D eigenvalue weighted by Gasteiger charge is 2.14. The fourth-order valence-corrected chi connectivity index (χ4v) is 1.69. The molecule has 1 rings (SSSR count). The number of hydrogen-bond acceptors (Lipinski definition) is 5. The van der Waals surface area contributed by atoms with Crippen LogP contribution < -0.4 is 5.32 Å². The van der Waals surface area contributed by atoms with E-state index in [-0.39, 0.29) is 29.6 Å². The summed E-state index contributed by atoms with van der Waals surface area (Å²) in [4.78, 5) is 21.6. The summed E-state index contributed by atoms with van der Waals surface area (Å²) in [5.74, 6) is 0.300. The van der Waals surface area contributed by atoms with Gasteiger partial charge >= 0.3 is 0 Å². The van der Waals surface area contributed by atoms with E-state index in [1.807, 2.05) is 0 Å². The molecule has 1 aromatic carbocycles. The Balaban J connectivity index is 2.61. The summed E-state index contributed by atoms with van der Waals surface area (Å²) in [6.45, 7) is 0.00340. The van der Waals surface area contributed by atoms with Crippen molar-refractivity contribution in [2.24, 2.45) is 0 Å². The Morgan fingerprint density at radius 1 is 1.47 bits per heavy atom. The molecular weight excluding hydrogens is 244 g/mol. The molecule has 0 atom stereocenters. The van der Waals surface area contributed by atoms with E-state index in [2.05, 4.69) is 5.32 Å². The van der Waals surface area contributed by atoms with Gasteiger partial charge in [-0.3, -0.25) is 14.9 Å².